The van der Waals surface area contributed by atoms with Crippen LogP contribution in [0.3, 0.4) is 0 Å². The van der Waals surface area contributed by atoms with Gasteiger partial charge in [-0.25, -0.2) is 0 Å². The molecule has 1 fully saturated rings. The van der Waals surface area contributed by atoms with Gasteiger partial charge in [-0.3, -0.25) is 9.59 Å². The van der Waals surface area contributed by atoms with Gasteiger partial charge in [0.1, 0.15) is 0 Å². The van der Waals surface area contributed by atoms with Gasteiger partial charge in [-0.05, 0) is 40.5 Å². The van der Waals surface area contributed by atoms with E-state index in [-0.39, 0.29) is 30.3 Å². The zero-order valence-electron chi connectivity index (χ0n) is 13.1. The Morgan fingerprint density at radius 2 is 1.75 bits per heavy atom. The molecule has 1 aliphatic heterocycles. The minimum Gasteiger partial charge on any atom is -0.395 e. The highest BCUT2D eigenvalue weighted by Gasteiger charge is 2.38. The van der Waals surface area contributed by atoms with Crippen LogP contribution in [0.1, 0.15) is 40.5 Å². The van der Waals surface area contributed by atoms with Crippen LogP contribution in [-0.2, 0) is 9.59 Å². The maximum atomic E-state index is 11.9. The third-order valence-corrected chi connectivity index (χ3v) is 3.50. The summed E-state index contributed by atoms with van der Waals surface area (Å²) in [6.45, 7) is 8.37. The number of carbonyl (C=O) groups excluding carboxylic acids is 2. The summed E-state index contributed by atoms with van der Waals surface area (Å²) >= 11 is 0. The molecule has 6 heteroatoms. The molecule has 0 aromatic heterocycles. The summed E-state index contributed by atoms with van der Waals surface area (Å²) in [7, 11) is 1.51. The fourth-order valence-electron chi connectivity index (χ4n) is 3.10. The molecule has 2 amide bonds. The summed E-state index contributed by atoms with van der Waals surface area (Å²) < 4.78 is 0. The summed E-state index contributed by atoms with van der Waals surface area (Å²) in [5.74, 6) is -1.20. The molecule has 0 atom stereocenters. The lowest BCUT2D eigenvalue weighted by Crippen LogP contribution is -2.62. The topological polar surface area (TPSA) is 81.7 Å². The SMILES string of the molecule is CN(CCO)C(=O)C(=O)NC1CC(C)(C)NC(C)(C)C1. The van der Waals surface area contributed by atoms with E-state index in [4.69, 9.17) is 5.11 Å². The number of piperidine rings is 1. The number of rotatable bonds is 3. The Morgan fingerprint density at radius 3 is 2.20 bits per heavy atom. The van der Waals surface area contributed by atoms with Gasteiger partial charge >= 0.3 is 11.8 Å². The van der Waals surface area contributed by atoms with Gasteiger partial charge in [0.05, 0.1) is 6.61 Å². The largest absolute Gasteiger partial charge is 0.395 e. The van der Waals surface area contributed by atoms with E-state index < -0.39 is 11.8 Å². The molecule has 0 radical (unpaired) electrons. The lowest BCUT2D eigenvalue weighted by Gasteiger charge is -2.46. The predicted molar refractivity (Wildman–Crippen MR) is 77.2 cm³/mol. The zero-order chi connectivity index (χ0) is 15.6. The second-order valence-corrected chi connectivity index (χ2v) is 6.92. The number of nitrogens with one attached hydrogen (secondary N) is 2. The second kappa shape index (κ2) is 6.10. The van der Waals surface area contributed by atoms with E-state index in [1.807, 2.05) is 0 Å². The molecular formula is C14H27N3O3. The molecule has 1 aliphatic rings. The van der Waals surface area contributed by atoms with Crippen LogP contribution in [0.15, 0.2) is 0 Å². The Bertz CT molecular complexity index is 364. The lowest BCUT2D eigenvalue weighted by atomic mass is 9.79. The Kier molecular flexibility index (Phi) is 5.15. The monoisotopic (exact) mass is 285 g/mol. The number of hydrogen-bond acceptors (Lipinski definition) is 4. The third-order valence-electron chi connectivity index (χ3n) is 3.50. The molecule has 0 spiro atoms. The molecule has 6 nitrogen and oxygen atoms in total. The number of likely N-dealkylation sites (N-methyl/N-ethyl adjacent to an activating group) is 1. The average Bonchev–Trinajstić information content (AvgIpc) is 2.23. The number of amides is 2. The van der Waals surface area contributed by atoms with E-state index >= 15 is 0 Å². The predicted octanol–water partition coefficient (Wildman–Crippen LogP) is -0.137. The summed E-state index contributed by atoms with van der Waals surface area (Å²) in [5.41, 5.74) is -0.167. The van der Waals surface area contributed by atoms with Gasteiger partial charge in [0.25, 0.3) is 0 Å². The maximum absolute atomic E-state index is 11.9. The zero-order valence-corrected chi connectivity index (χ0v) is 13.1. The van der Waals surface area contributed by atoms with Crippen LogP contribution in [0.4, 0.5) is 0 Å². The van der Waals surface area contributed by atoms with Gasteiger partial charge in [0.2, 0.25) is 0 Å². The summed E-state index contributed by atoms with van der Waals surface area (Å²) in [4.78, 5) is 25.0. The van der Waals surface area contributed by atoms with Crippen LogP contribution >= 0.6 is 0 Å². The average molecular weight is 285 g/mol. The molecule has 0 aromatic rings. The number of hydrogen-bond donors (Lipinski definition) is 3. The van der Waals surface area contributed by atoms with Gasteiger partial charge in [0.15, 0.2) is 0 Å². The molecule has 0 unspecified atom stereocenters. The molecule has 0 saturated carbocycles. The van der Waals surface area contributed by atoms with Crippen molar-refractivity contribution in [2.45, 2.75) is 57.7 Å². The highest BCUT2D eigenvalue weighted by Crippen LogP contribution is 2.28. The van der Waals surface area contributed by atoms with Gasteiger partial charge in [0, 0.05) is 30.7 Å². The lowest BCUT2D eigenvalue weighted by molar-refractivity contribution is -0.145. The van der Waals surface area contributed by atoms with Crippen molar-refractivity contribution < 1.29 is 14.7 Å². The van der Waals surface area contributed by atoms with Crippen LogP contribution in [0.5, 0.6) is 0 Å². The molecule has 0 aliphatic carbocycles. The Morgan fingerprint density at radius 1 is 1.25 bits per heavy atom. The van der Waals surface area contributed by atoms with Crippen molar-refractivity contribution in [1.29, 1.82) is 0 Å². The van der Waals surface area contributed by atoms with E-state index in [2.05, 4.69) is 38.3 Å². The number of aliphatic hydroxyl groups is 1. The van der Waals surface area contributed by atoms with Crippen molar-refractivity contribution >= 4 is 11.8 Å². The number of carbonyl (C=O) groups is 2. The van der Waals surface area contributed by atoms with Crippen LogP contribution < -0.4 is 10.6 Å². The van der Waals surface area contributed by atoms with Gasteiger partial charge in [-0.15, -0.1) is 0 Å². The molecule has 0 aromatic carbocycles. The quantitative estimate of drug-likeness (QED) is 0.631. The minimum absolute atomic E-state index is 0.0276. The van der Waals surface area contributed by atoms with E-state index in [0.29, 0.717) is 0 Å². The highest BCUT2D eigenvalue weighted by molar-refractivity contribution is 6.35. The molecule has 1 rings (SSSR count). The molecule has 116 valence electrons. The van der Waals surface area contributed by atoms with Gasteiger partial charge in [-0.2, -0.15) is 0 Å². The van der Waals surface area contributed by atoms with E-state index in [1.54, 1.807) is 0 Å². The first-order valence-corrected chi connectivity index (χ1v) is 7.02. The van der Waals surface area contributed by atoms with E-state index in [0.717, 1.165) is 12.8 Å². The number of aliphatic hydroxyl groups excluding tert-OH is 1. The van der Waals surface area contributed by atoms with Gasteiger partial charge in [-0.1, -0.05) is 0 Å². The molecular weight excluding hydrogens is 258 g/mol. The van der Waals surface area contributed by atoms with Crippen molar-refractivity contribution in [3.63, 3.8) is 0 Å². The number of nitrogens with zero attached hydrogens (tertiary/aromatic N) is 1. The fourth-order valence-corrected chi connectivity index (χ4v) is 3.10. The Labute approximate surface area is 120 Å². The minimum atomic E-state index is -0.604. The first-order chi connectivity index (χ1) is 9.06. The molecule has 0 bridgehead atoms. The molecule has 1 heterocycles. The first-order valence-electron chi connectivity index (χ1n) is 7.02. The Balaban J connectivity index is 2.63. The molecule has 3 N–H and O–H groups in total. The Hall–Kier alpha value is -1.14. The van der Waals surface area contributed by atoms with Crippen LogP contribution in [0.2, 0.25) is 0 Å². The standard InChI is InChI=1S/C14H27N3O3/c1-13(2)8-10(9-14(3,4)16-13)15-11(19)12(20)17(5)6-7-18/h10,16,18H,6-9H2,1-5H3,(H,15,19). The smallest absolute Gasteiger partial charge is 0.311 e. The normalized spacial score (nSPS) is 21.3. The van der Waals surface area contributed by atoms with Crippen LogP contribution in [0.25, 0.3) is 0 Å². The molecule has 20 heavy (non-hydrogen) atoms. The van der Waals surface area contributed by atoms with Crippen molar-refractivity contribution in [3.05, 3.63) is 0 Å². The van der Waals surface area contributed by atoms with Crippen molar-refractivity contribution in [3.8, 4) is 0 Å². The first kappa shape index (κ1) is 16.9. The van der Waals surface area contributed by atoms with Gasteiger partial charge < -0.3 is 20.6 Å². The third kappa shape index (κ3) is 4.76. The summed E-state index contributed by atoms with van der Waals surface area (Å²) in [6.07, 6.45) is 1.55. The van der Waals surface area contributed by atoms with Crippen LogP contribution in [0, 0.1) is 0 Å². The van der Waals surface area contributed by atoms with Crippen LogP contribution in [-0.4, -0.2) is 59.1 Å². The molecule has 1 saturated heterocycles. The maximum Gasteiger partial charge on any atom is 0.311 e. The summed E-state index contributed by atoms with van der Waals surface area (Å²) in [5, 5.41) is 15.1. The second-order valence-electron chi connectivity index (χ2n) is 6.92. The van der Waals surface area contributed by atoms with E-state index in [1.165, 1.54) is 11.9 Å². The van der Waals surface area contributed by atoms with Crippen molar-refractivity contribution in [2.24, 2.45) is 0 Å². The van der Waals surface area contributed by atoms with E-state index in [9.17, 15) is 9.59 Å². The van der Waals surface area contributed by atoms with Crippen molar-refractivity contribution in [2.75, 3.05) is 20.2 Å². The summed E-state index contributed by atoms with van der Waals surface area (Å²) in [6, 6.07) is -0.0276. The highest BCUT2D eigenvalue weighted by atomic mass is 16.3. The fraction of sp³-hybridized carbons (Fsp3) is 0.857. The van der Waals surface area contributed by atoms with Crippen molar-refractivity contribution in [1.82, 2.24) is 15.5 Å².